The van der Waals surface area contributed by atoms with Crippen molar-refractivity contribution < 1.29 is 24.2 Å². The summed E-state index contributed by atoms with van der Waals surface area (Å²) < 4.78 is 5.25. The van der Waals surface area contributed by atoms with Crippen molar-refractivity contribution >= 4 is 29.6 Å². The van der Waals surface area contributed by atoms with Gasteiger partial charge in [-0.05, 0) is 19.4 Å². The minimum absolute atomic E-state index is 0.165. The molecule has 1 aromatic rings. The van der Waals surface area contributed by atoms with E-state index in [9.17, 15) is 19.5 Å². The molecule has 142 valence electrons. The molecule has 3 atom stereocenters. The number of carbonyl (C=O) groups excluding carboxylic acids is 2. The van der Waals surface area contributed by atoms with E-state index < -0.39 is 30.1 Å². The third-order valence-corrected chi connectivity index (χ3v) is 5.17. The molecule has 2 unspecified atom stereocenters. The largest absolute Gasteiger partial charge is 0.480 e. The Morgan fingerprint density at radius 3 is 2.62 bits per heavy atom. The summed E-state index contributed by atoms with van der Waals surface area (Å²) in [6.07, 6.45) is 0. The van der Waals surface area contributed by atoms with Crippen LogP contribution in [0.25, 0.3) is 0 Å². The molecule has 0 radical (unpaired) electrons. The number of carboxylic acid groups (broad SMARTS) is 1. The van der Waals surface area contributed by atoms with E-state index in [-0.39, 0.29) is 12.5 Å². The number of nitrogens with one attached hydrogen (secondary N) is 1. The summed E-state index contributed by atoms with van der Waals surface area (Å²) in [5, 5.41) is 12.2. The lowest BCUT2D eigenvalue weighted by Crippen LogP contribution is -2.57. The van der Waals surface area contributed by atoms with Crippen molar-refractivity contribution in [3.8, 4) is 0 Å². The van der Waals surface area contributed by atoms with Crippen molar-refractivity contribution in [1.29, 1.82) is 0 Å². The molecule has 1 amide bonds. The molecule has 26 heavy (non-hydrogen) atoms. The number of ether oxygens (including phenoxy) is 1. The molecule has 1 aromatic carbocycles. The summed E-state index contributed by atoms with van der Waals surface area (Å²) in [7, 11) is 0. The fourth-order valence-electron chi connectivity index (χ4n) is 2.69. The first-order chi connectivity index (χ1) is 12.4. The standard InChI is InChI=1S/C18H24N2O5S/c1-12(16(21)20-8-9-26-11-15(20)17(22)23)19-13(2)18(24)25-10-14-6-4-3-5-7-14/h3-7,12-13,15,19H,8-11H2,1-2H3,(H,22,23)/t12-,13?,15?/m0/s1. The number of amides is 1. The summed E-state index contributed by atoms with van der Waals surface area (Å²) in [6.45, 7) is 3.81. The lowest BCUT2D eigenvalue weighted by molar-refractivity contribution is -0.151. The highest BCUT2D eigenvalue weighted by Gasteiger charge is 2.35. The van der Waals surface area contributed by atoms with Crippen molar-refractivity contribution in [1.82, 2.24) is 10.2 Å². The van der Waals surface area contributed by atoms with Crippen LogP contribution in [0, 0.1) is 0 Å². The highest BCUT2D eigenvalue weighted by Crippen LogP contribution is 2.18. The van der Waals surface area contributed by atoms with Crippen LogP contribution in [0.1, 0.15) is 19.4 Å². The van der Waals surface area contributed by atoms with Gasteiger partial charge in [0.25, 0.3) is 0 Å². The van der Waals surface area contributed by atoms with Gasteiger partial charge in [-0.1, -0.05) is 30.3 Å². The van der Waals surface area contributed by atoms with Crippen LogP contribution in [0.3, 0.4) is 0 Å². The van der Waals surface area contributed by atoms with E-state index >= 15 is 0 Å². The van der Waals surface area contributed by atoms with Crippen molar-refractivity contribution in [3.05, 3.63) is 35.9 Å². The van der Waals surface area contributed by atoms with Crippen LogP contribution in [0.4, 0.5) is 0 Å². The van der Waals surface area contributed by atoms with Crippen molar-refractivity contribution in [3.63, 3.8) is 0 Å². The molecule has 0 bridgehead atoms. The van der Waals surface area contributed by atoms with Gasteiger partial charge in [-0.25, -0.2) is 4.79 Å². The number of carbonyl (C=O) groups is 3. The van der Waals surface area contributed by atoms with Gasteiger partial charge in [0, 0.05) is 18.1 Å². The van der Waals surface area contributed by atoms with Gasteiger partial charge in [0.15, 0.2) is 0 Å². The predicted octanol–water partition coefficient (Wildman–Crippen LogP) is 1.12. The second-order valence-electron chi connectivity index (χ2n) is 6.16. The predicted molar refractivity (Wildman–Crippen MR) is 98.8 cm³/mol. The normalized spacial score (nSPS) is 19.5. The molecule has 2 rings (SSSR count). The molecule has 0 saturated carbocycles. The molecular formula is C18H24N2O5S. The molecule has 1 fully saturated rings. The Labute approximate surface area is 157 Å². The number of rotatable bonds is 7. The number of hydrogen-bond donors (Lipinski definition) is 2. The molecule has 1 saturated heterocycles. The quantitative estimate of drug-likeness (QED) is 0.685. The first-order valence-electron chi connectivity index (χ1n) is 8.47. The van der Waals surface area contributed by atoms with E-state index in [1.807, 2.05) is 30.3 Å². The number of nitrogens with zero attached hydrogens (tertiary/aromatic N) is 1. The average molecular weight is 380 g/mol. The second-order valence-corrected chi connectivity index (χ2v) is 7.31. The van der Waals surface area contributed by atoms with Gasteiger partial charge in [-0.2, -0.15) is 11.8 Å². The number of thioether (sulfide) groups is 1. The first-order valence-corrected chi connectivity index (χ1v) is 9.63. The van der Waals surface area contributed by atoms with E-state index in [0.29, 0.717) is 18.1 Å². The Hall–Kier alpha value is -2.06. The Morgan fingerprint density at radius 2 is 1.96 bits per heavy atom. The third-order valence-electron chi connectivity index (χ3n) is 4.14. The molecule has 0 aliphatic carbocycles. The van der Waals surface area contributed by atoms with E-state index in [1.165, 1.54) is 16.7 Å². The van der Waals surface area contributed by atoms with Crippen molar-refractivity contribution in [2.45, 2.75) is 38.6 Å². The maximum Gasteiger partial charge on any atom is 0.327 e. The summed E-state index contributed by atoms with van der Waals surface area (Å²) >= 11 is 1.52. The zero-order valence-corrected chi connectivity index (χ0v) is 15.7. The van der Waals surface area contributed by atoms with Crippen LogP contribution in [-0.2, 0) is 25.7 Å². The molecular weight excluding hydrogens is 356 g/mol. The molecule has 1 heterocycles. The summed E-state index contributed by atoms with van der Waals surface area (Å²) in [4.78, 5) is 37.4. The maximum absolute atomic E-state index is 12.6. The Balaban J connectivity index is 1.86. The van der Waals surface area contributed by atoms with Gasteiger partial charge < -0.3 is 14.7 Å². The van der Waals surface area contributed by atoms with Gasteiger partial charge in [0.05, 0.1) is 6.04 Å². The smallest absolute Gasteiger partial charge is 0.327 e. The molecule has 1 aliphatic heterocycles. The number of aliphatic carboxylic acids is 1. The van der Waals surface area contributed by atoms with Crippen LogP contribution in [-0.4, -0.2) is 64.0 Å². The summed E-state index contributed by atoms with van der Waals surface area (Å²) in [5.74, 6) is -0.703. The topological polar surface area (TPSA) is 95.9 Å². The summed E-state index contributed by atoms with van der Waals surface area (Å²) in [5.41, 5.74) is 0.882. The van der Waals surface area contributed by atoms with Gasteiger partial charge in [-0.15, -0.1) is 0 Å². The van der Waals surface area contributed by atoms with Gasteiger partial charge >= 0.3 is 11.9 Å². The van der Waals surface area contributed by atoms with E-state index in [4.69, 9.17) is 4.74 Å². The zero-order chi connectivity index (χ0) is 19.1. The minimum atomic E-state index is -1.01. The van der Waals surface area contributed by atoms with E-state index in [2.05, 4.69) is 5.32 Å². The highest BCUT2D eigenvalue weighted by molar-refractivity contribution is 7.99. The molecule has 1 aliphatic rings. The first kappa shape index (κ1) is 20.3. The summed E-state index contributed by atoms with van der Waals surface area (Å²) in [6, 6.07) is 7.13. The molecule has 2 N–H and O–H groups in total. The molecule has 7 nitrogen and oxygen atoms in total. The van der Waals surface area contributed by atoms with Crippen LogP contribution < -0.4 is 5.32 Å². The number of hydrogen-bond acceptors (Lipinski definition) is 6. The SMILES string of the molecule is CC(N[C@@H](C)C(=O)N1CCSCC1C(=O)O)C(=O)OCc1ccccc1. The van der Waals surface area contributed by atoms with Gasteiger partial charge in [0.1, 0.15) is 18.7 Å². The lowest BCUT2D eigenvalue weighted by Gasteiger charge is -2.35. The number of carboxylic acids is 1. The highest BCUT2D eigenvalue weighted by atomic mass is 32.2. The molecule has 0 spiro atoms. The fourth-order valence-corrected chi connectivity index (χ4v) is 3.73. The second kappa shape index (κ2) is 9.59. The zero-order valence-electron chi connectivity index (χ0n) is 14.9. The van der Waals surface area contributed by atoms with Crippen LogP contribution in [0.2, 0.25) is 0 Å². The monoisotopic (exact) mass is 380 g/mol. The van der Waals surface area contributed by atoms with Crippen LogP contribution >= 0.6 is 11.8 Å². The Morgan fingerprint density at radius 1 is 1.27 bits per heavy atom. The Kier molecular flexibility index (Phi) is 7.47. The van der Waals surface area contributed by atoms with E-state index in [1.54, 1.807) is 13.8 Å². The van der Waals surface area contributed by atoms with Crippen molar-refractivity contribution in [2.24, 2.45) is 0 Å². The lowest BCUT2D eigenvalue weighted by atomic mass is 10.2. The van der Waals surface area contributed by atoms with E-state index in [0.717, 1.165) is 5.56 Å². The Bertz CT molecular complexity index is 640. The third kappa shape index (κ3) is 5.47. The minimum Gasteiger partial charge on any atom is -0.480 e. The molecule has 8 heteroatoms. The average Bonchev–Trinajstić information content (AvgIpc) is 2.66. The molecule has 0 aromatic heterocycles. The van der Waals surface area contributed by atoms with Gasteiger partial charge in [-0.3, -0.25) is 14.9 Å². The van der Waals surface area contributed by atoms with Crippen LogP contribution in [0.15, 0.2) is 30.3 Å². The van der Waals surface area contributed by atoms with Gasteiger partial charge in [0.2, 0.25) is 5.91 Å². The maximum atomic E-state index is 12.6. The van der Waals surface area contributed by atoms with Crippen LogP contribution in [0.5, 0.6) is 0 Å². The van der Waals surface area contributed by atoms with Crippen molar-refractivity contribution in [2.75, 3.05) is 18.1 Å². The number of esters is 1. The number of benzene rings is 1. The fraction of sp³-hybridized carbons (Fsp3) is 0.500.